The zero-order valence-corrected chi connectivity index (χ0v) is 13.4. The summed E-state index contributed by atoms with van der Waals surface area (Å²) in [6.45, 7) is 0. The van der Waals surface area contributed by atoms with Crippen molar-refractivity contribution in [2.75, 3.05) is 7.11 Å². The Kier molecular flexibility index (Phi) is 3.49. The van der Waals surface area contributed by atoms with E-state index in [0.717, 1.165) is 53.5 Å². The van der Waals surface area contributed by atoms with Crippen LogP contribution in [0.5, 0.6) is 5.75 Å². The lowest BCUT2D eigenvalue weighted by molar-refractivity contribution is 0.00394. The molecular weight excluding hydrogens is 288 g/mol. The zero-order valence-electron chi connectivity index (χ0n) is 13.4. The highest BCUT2D eigenvalue weighted by Gasteiger charge is 2.30. The van der Waals surface area contributed by atoms with Crippen LogP contribution in [0.25, 0.3) is 21.8 Å². The summed E-state index contributed by atoms with van der Waals surface area (Å²) in [5, 5.41) is 13.2. The number of aromatic amines is 1. The summed E-state index contributed by atoms with van der Waals surface area (Å²) in [6.07, 6.45) is 7.66. The molecule has 120 valence electrons. The molecule has 2 aromatic heterocycles. The number of aliphatic hydroxyl groups is 1. The monoisotopic (exact) mass is 310 g/mol. The number of H-pyrrole nitrogens is 1. The average Bonchev–Trinajstić information content (AvgIpc) is 2.94. The Hall–Kier alpha value is -2.07. The number of hydrogen-bond donors (Lipinski definition) is 2. The number of methoxy groups -OCH3 is 1. The summed E-state index contributed by atoms with van der Waals surface area (Å²) in [4.78, 5) is 8.04. The van der Waals surface area contributed by atoms with Crippen LogP contribution in [0.1, 0.15) is 37.8 Å². The quantitative estimate of drug-likeness (QED) is 0.770. The van der Waals surface area contributed by atoms with Gasteiger partial charge in [-0.3, -0.25) is 4.98 Å². The number of rotatable bonds is 3. The zero-order chi connectivity index (χ0) is 15.9. The van der Waals surface area contributed by atoms with Crippen molar-refractivity contribution >= 4 is 21.8 Å². The Morgan fingerprint density at radius 2 is 2.00 bits per heavy atom. The van der Waals surface area contributed by atoms with Crippen LogP contribution < -0.4 is 4.74 Å². The Labute approximate surface area is 135 Å². The molecule has 0 aliphatic heterocycles. The SMILES string of the molecule is COc1ccc2c(c1)[nH]c1c(CC3(O)CCCCC3)nccc12. The molecule has 23 heavy (non-hydrogen) atoms. The smallest absolute Gasteiger partial charge is 0.120 e. The van der Waals surface area contributed by atoms with Gasteiger partial charge in [0.05, 0.1) is 29.4 Å². The molecule has 0 saturated heterocycles. The maximum atomic E-state index is 10.9. The van der Waals surface area contributed by atoms with E-state index in [-0.39, 0.29) is 0 Å². The van der Waals surface area contributed by atoms with Crippen molar-refractivity contribution in [3.05, 3.63) is 36.2 Å². The van der Waals surface area contributed by atoms with Gasteiger partial charge in [0.15, 0.2) is 0 Å². The molecule has 4 nitrogen and oxygen atoms in total. The predicted octanol–water partition coefficient (Wildman–Crippen LogP) is 3.96. The van der Waals surface area contributed by atoms with E-state index in [1.54, 1.807) is 7.11 Å². The Morgan fingerprint density at radius 1 is 1.17 bits per heavy atom. The first-order valence-electron chi connectivity index (χ1n) is 8.34. The number of aromatic nitrogens is 2. The molecule has 3 aromatic rings. The van der Waals surface area contributed by atoms with Gasteiger partial charge in [-0.25, -0.2) is 0 Å². The number of pyridine rings is 1. The van der Waals surface area contributed by atoms with Crippen molar-refractivity contribution in [2.24, 2.45) is 0 Å². The van der Waals surface area contributed by atoms with Gasteiger partial charge >= 0.3 is 0 Å². The molecule has 1 aliphatic carbocycles. The molecule has 1 aliphatic rings. The van der Waals surface area contributed by atoms with Crippen molar-refractivity contribution in [1.29, 1.82) is 0 Å². The second kappa shape index (κ2) is 5.53. The Bertz CT molecular complexity index is 847. The third-order valence-electron chi connectivity index (χ3n) is 5.09. The van der Waals surface area contributed by atoms with Crippen molar-refractivity contribution in [2.45, 2.75) is 44.1 Å². The van der Waals surface area contributed by atoms with Gasteiger partial charge in [-0.05, 0) is 31.0 Å². The first kappa shape index (κ1) is 14.5. The summed E-state index contributed by atoms with van der Waals surface area (Å²) >= 11 is 0. The lowest BCUT2D eigenvalue weighted by atomic mass is 9.81. The first-order chi connectivity index (χ1) is 11.2. The molecule has 1 fully saturated rings. The molecule has 2 heterocycles. The summed E-state index contributed by atoms with van der Waals surface area (Å²) in [7, 11) is 1.68. The van der Waals surface area contributed by atoms with Gasteiger partial charge in [0, 0.05) is 29.5 Å². The van der Waals surface area contributed by atoms with Crippen molar-refractivity contribution in [3.63, 3.8) is 0 Å². The molecule has 0 atom stereocenters. The van der Waals surface area contributed by atoms with Crippen LogP contribution >= 0.6 is 0 Å². The van der Waals surface area contributed by atoms with Gasteiger partial charge in [-0.15, -0.1) is 0 Å². The fraction of sp³-hybridized carbons (Fsp3) is 0.421. The molecule has 2 N–H and O–H groups in total. The van der Waals surface area contributed by atoms with Crippen LogP contribution in [-0.4, -0.2) is 27.8 Å². The molecule has 0 unspecified atom stereocenters. The Morgan fingerprint density at radius 3 is 2.78 bits per heavy atom. The highest BCUT2D eigenvalue weighted by atomic mass is 16.5. The van der Waals surface area contributed by atoms with Crippen molar-refractivity contribution in [1.82, 2.24) is 9.97 Å². The summed E-state index contributed by atoms with van der Waals surface area (Å²) < 4.78 is 5.31. The van der Waals surface area contributed by atoms with Gasteiger partial charge in [0.2, 0.25) is 0 Å². The second-order valence-electron chi connectivity index (χ2n) is 6.68. The van der Waals surface area contributed by atoms with E-state index >= 15 is 0 Å². The number of fused-ring (bicyclic) bond motifs is 3. The fourth-order valence-corrected chi connectivity index (χ4v) is 3.82. The summed E-state index contributed by atoms with van der Waals surface area (Å²) in [5.41, 5.74) is 2.44. The normalized spacial score (nSPS) is 17.7. The number of benzene rings is 1. The van der Waals surface area contributed by atoms with Crippen LogP contribution in [0.4, 0.5) is 0 Å². The lowest BCUT2D eigenvalue weighted by Crippen LogP contribution is -2.34. The first-order valence-corrected chi connectivity index (χ1v) is 8.34. The van der Waals surface area contributed by atoms with Crippen LogP contribution in [0, 0.1) is 0 Å². The highest BCUT2D eigenvalue weighted by Crippen LogP contribution is 2.34. The van der Waals surface area contributed by atoms with Gasteiger partial charge in [0.1, 0.15) is 5.75 Å². The molecule has 0 radical (unpaired) electrons. The minimum Gasteiger partial charge on any atom is -0.497 e. The topological polar surface area (TPSA) is 58.1 Å². The molecule has 0 bridgehead atoms. The maximum absolute atomic E-state index is 10.9. The van der Waals surface area contributed by atoms with E-state index in [4.69, 9.17) is 4.74 Å². The maximum Gasteiger partial charge on any atom is 0.120 e. The van der Waals surface area contributed by atoms with Gasteiger partial charge in [-0.1, -0.05) is 19.3 Å². The molecular formula is C19H22N2O2. The molecule has 4 heteroatoms. The largest absolute Gasteiger partial charge is 0.497 e. The predicted molar refractivity (Wildman–Crippen MR) is 91.9 cm³/mol. The second-order valence-corrected chi connectivity index (χ2v) is 6.68. The third kappa shape index (κ3) is 2.57. The minimum absolute atomic E-state index is 0.603. The number of ether oxygens (including phenoxy) is 1. The molecule has 4 rings (SSSR count). The third-order valence-corrected chi connectivity index (χ3v) is 5.09. The van der Waals surface area contributed by atoms with E-state index < -0.39 is 5.60 Å². The summed E-state index contributed by atoms with van der Waals surface area (Å²) in [5.74, 6) is 0.837. The van der Waals surface area contributed by atoms with Gasteiger partial charge < -0.3 is 14.8 Å². The van der Waals surface area contributed by atoms with Crippen LogP contribution in [0.2, 0.25) is 0 Å². The summed E-state index contributed by atoms with van der Waals surface area (Å²) in [6, 6.07) is 8.10. The average molecular weight is 310 g/mol. The van der Waals surface area contributed by atoms with Crippen LogP contribution in [-0.2, 0) is 6.42 Å². The van der Waals surface area contributed by atoms with Crippen molar-refractivity contribution in [3.8, 4) is 5.75 Å². The number of nitrogens with one attached hydrogen (secondary N) is 1. The van der Waals surface area contributed by atoms with E-state index in [2.05, 4.69) is 16.0 Å². The molecule has 1 saturated carbocycles. The standard InChI is InChI=1S/C19H22N2O2/c1-23-13-5-6-14-15-7-10-20-17(18(15)21-16(14)11-13)12-19(22)8-3-2-4-9-19/h5-7,10-11,21-22H,2-4,8-9,12H2,1H3. The number of nitrogens with zero attached hydrogens (tertiary/aromatic N) is 1. The van der Waals surface area contributed by atoms with Crippen LogP contribution in [0.15, 0.2) is 30.5 Å². The van der Waals surface area contributed by atoms with E-state index in [0.29, 0.717) is 6.42 Å². The van der Waals surface area contributed by atoms with Crippen LogP contribution in [0.3, 0.4) is 0 Å². The van der Waals surface area contributed by atoms with Gasteiger partial charge in [0.25, 0.3) is 0 Å². The fourth-order valence-electron chi connectivity index (χ4n) is 3.82. The molecule has 1 aromatic carbocycles. The highest BCUT2D eigenvalue weighted by molar-refractivity contribution is 6.08. The number of hydrogen-bond acceptors (Lipinski definition) is 3. The minimum atomic E-state index is -0.603. The van der Waals surface area contributed by atoms with E-state index in [9.17, 15) is 5.11 Å². The van der Waals surface area contributed by atoms with Crippen molar-refractivity contribution < 1.29 is 9.84 Å². The Balaban J connectivity index is 1.80. The molecule has 0 spiro atoms. The molecule has 0 amide bonds. The van der Waals surface area contributed by atoms with E-state index in [1.807, 2.05) is 24.4 Å². The lowest BCUT2D eigenvalue weighted by Gasteiger charge is -2.31. The van der Waals surface area contributed by atoms with Gasteiger partial charge in [-0.2, -0.15) is 0 Å². The van der Waals surface area contributed by atoms with E-state index in [1.165, 1.54) is 11.8 Å².